The number of nitrogens with zero attached hydrogens (tertiary/aromatic N) is 1. The number of carbonyl (C=O) groups excluding carboxylic acids is 3. The molecule has 116 valence electrons. The molecule has 1 aliphatic rings. The Morgan fingerprint density at radius 1 is 0.958 bits per heavy atom. The average Bonchev–Trinajstić information content (AvgIpc) is 2.85. The van der Waals surface area contributed by atoms with Crippen LogP contribution < -0.4 is 0 Å². The van der Waals surface area contributed by atoms with E-state index in [1.165, 1.54) is 6.92 Å². The van der Waals surface area contributed by atoms with Crippen LogP contribution in [0.3, 0.4) is 0 Å². The van der Waals surface area contributed by atoms with Crippen molar-refractivity contribution in [1.82, 2.24) is 0 Å². The maximum Gasteiger partial charge on any atom is 0.198 e. The lowest BCUT2D eigenvalue weighted by atomic mass is 9.97. The Kier molecular flexibility index (Phi) is 3.93. The predicted octanol–water partition coefficient (Wildman–Crippen LogP) is 3.33. The number of hydrogen-bond acceptors (Lipinski definition) is 4. The average molecular weight is 315 g/mol. The molecule has 24 heavy (non-hydrogen) atoms. The minimum absolute atomic E-state index is 0.0444. The van der Waals surface area contributed by atoms with Gasteiger partial charge in [0.2, 0.25) is 0 Å². The molecule has 0 N–H and O–H groups in total. The molecule has 3 rings (SSSR count). The van der Waals surface area contributed by atoms with Crippen LogP contribution in [-0.2, 0) is 6.42 Å². The number of nitriles is 1. The quantitative estimate of drug-likeness (QED) is 0.377. The third-order valence-corrected chi connectivity index (χ3v) is 4.05. The van der Waals surface area contributed by atoms with Gasteiger partial charge in [0.25, 0.3) is 0 Å². The van der Waals surface area contributed by atoms with Gasteiger partial charge in [-0.1, -0.05) is 48.5 Å². The topological polar surface area (TPSA) is 75.0 Å². The molecule has 2 aromatic rings. The van der Waals surface area contributed by atoms with Crippen LogP contribution in [0.25, 0.3) is 0 Å². The summed E-state index contributed by atoms with van der Waals surface area (Å²) in [4.78, 5) is 36.2. The van der Waals surface area contributed by atoms with E-state index in [1.54, 1.807) is 48.5 Å². The van der Waals surface area contributed by atoms with Crippen molar-refractivity contribution in [2.45, 2.75) is 13.3 Å². The first-order chi connectivity index (χ1) is 11.5. The van der Waals surface area contributed by atoms with Crippen molar-refractivity contribution in [3.63, 3.8) is 0 Å². The lowest BCUT2D eigenvalue weighted by Crippen LogP contribution is -2.07. The first kappa shape index (κ1) is 15.6. The van der Waals surface area contributed by atoms with Gasteiger partial charge in [-0.25, -0.2) is 0 Å². The highest BCUT2D eigenvalue weighted by Crippen LogP contribution is 2.29. The molecule has 0 unspecified atom stereocenters. The van der Waals surface area contributed by atoms with Crippen LogP contribution in [0.4, 0.5) is 0 Å². The maximum absolute atomic E-state index is 12.5. The van der Waals surface area contributed by atoms with E-state index in [9.17, 15) is 19.6 Å². The minimum atomic E-state index is -0.396. The van der Waals surface area contributed by atoms with Crippen molar-refractivity contribution in [1.29, 1.82) is 5.26 Å². The van der Waals surface area contributed by atoms with Gasteiger partial charge in [0.05, 0.1) is 11.6 Å². The van der Waals surface area contributed by atoms with Gasteiger partial charge in [-0.05, 0) is 12.5 Å². The van der Waals surface area contributed by atoms with Crippen molar-refractivity contribution in [2.75, 3.05) is 0 Å². The van der Waals surface area contributed by atoms with Gasteiger partial charge in [-0.15, -0.1) is 0 Å². The summed E-state index contributed by atoms with van der Waals surface area (Å²) in [6, 6.07) is 15.4. The van der Waals surface area contributed by atoms with Gasteiger partial charge in [-0.2, -0.15) is 5.26 Å². The summed E-state index contributed by atoms with van der Waals surface area (Å²) in [7, 11) is 0. The Hall–Kier alpha value is -3.32. The molecular formula is C20H13NO3. The molecule has 0 aliphatic heterocycles. The monoisotopic (exact) mass is 315 g/mol. The molecule has 2 aromatic carbocycles. The molecular weight excluding hydrogens is 302 g/mol. The summed E-state index contributed by atoms with van der Waals surface area (Å²) in [5, 5.41) is 9.44. The van der Waals surface area contributed by atoms with E-state index in [4.69, 9.17) is 0 Å². The SMILES string of the molecule is CC(=O)c1ccc(CC(C#N)=C2C(=O)c3ccccc3C2=O)cc1. The number of hydrogen-bond donors (Lipinski definition) is 0. The van der Waals surface area contributed by atoms with Crippen LogP contribution in [0.1, 0.15) is 43.6 Å². The highest BCUT2D eigenvalue weighted by atomic mass is 16.2. The minimum Gasteiger partial charge on any atom is -0.295 e. The number of ketones is 3. The van der Waals surface area contributed by atoms with E-state index < -0.39 is 11.6 Å². The summed E-state index contributed by atoms with van der Waals surface area (Å²) in [5.41, 5.74) is 2.13. The molecule has 0 radical (unpaired) electrons. The number of carbonyl (C=O) groups is 3. The Morgan fingerprint density at radius 3 is 1.96 bits per heavy atom. The largest absolute Gasteiger partial charge is 0.295 e. The third-order valence-electron chi connectivity index (χ3n) is 4.05. The van der Waals surface area contributed by atoms with Crippen molar-refractivity contribution in [3.8, 4) is 6.07 Å². The molecule has 0 aromatic heterocycles. The molecule has 0 bridgehead atoms. The Morgan fingerprint density at radius 2 is 1.50 bits per heavy atom. The van der Waals surface area contributed by atoms with Crippen LogP contribution in [-0.4, -0.2) is 17.3 Å². The summed E-state index contributed by atoms with van der Waals surface area (Å²) in [6.45, 7) is 1.48. The number of fused-ring (bicyclic) bond motifs is 1. The second-order valence-corrected chi connectivity index (χ2v) is 5.60. The first-order valence-corrected chi connectivity index (χ1v) is 7.44. The van der Waals surface area contributed by atoms with E-state index >= 15 is 0 Å². The van der Waals surface area contributed by atoms with Gasteiger partial charge < -0.3 is 0 Å². The van der Waals surface area contributed by atoms with Gasteiger partial charge in [0, 0.05) is 28.7 Å². The van der Waals surface area contributed by atoms with E-state index in [0.717, 1.165) is 5.56 Å². The van der Waals surface area contributed by atoms with Crippen LogP contribution in [0.5, 0.6) is 0 Å². The molecule has 0 amide bonds. The molecule has 4 heteroatoms. The van der Waals surface area contributed by atoms with Gasteiger partial charge >= 0.3 is 0 Å². The maximum atomic E-state index is 12.5. The van der Waals surface area contributed by atoms with E-state index in [2.05, 4.69) is 0 Å². The molecule has 0 saturated carbocycles. The predicted molar refractivity (Wildman–Crippen MR) is 87.9 cm³/mol. The van der Waals surface area contributed by atoms with Crippen LogP contribution in [0.15, 0.2) is 59.7 Å². The smallest absolute Gasteiger partial charge is 0.198 e. The number of Topliss-reactive ketones (excluding diaryl/α,β-unsaturated/α-hetero) is 3. The number of benzene rings is 2. The summed E-state index contributed by atoms with van der Waals surface area (Å²) in [6.07, 6.45) is 0.176. The van der Waals surface area contributed by atoms with Crippen molar-refractivity contribution >= 4 is 17.3 Å². The van der Waals surface area contributed by atoms with Crippen LogP contribution in [0, 0.1) is 11.3 Å². The summed E-state index contributed by atoms with van der Waals surface area (Å²) >= 11 is 0. The normalized spacial score (nSPS) is 12.8. The molecule has 1 aliphatic carbocycles. The standard InChI is InChI=1S/C20H13NO3/c1-12(22)14-8-6-13(7-9-14)10-15(11-21)18-19(23)16-4-2-3-5-17(16)20(18)24/h2-9H,10H2,1H3. The fourth-order valence-electron chi connectivity index (χ4n) is 2.77. The molecule has 0 saturated heterocycles. The Labute approximate surface area is 139 Å². The summed E-state index contributed by atoms with van der Waals surface area (Å²) in [5.74, 6) is -0.836. The second kappa shape index (κ2) is 6.05. The van der Waals surface area contributed by atoms with Crippen LogP contribution in [0.2, 0.25) is 0 Å². The van der Waals surface area contributed by atoms with E-state index in [1.807, 2.05) is 6.07 Å². The van der Waals surface area contributed by atoms with Gasteiger partial charge in [0.15, 0.2) is 17.3 Å². The second-order valence-electron chi connectivity index (χ2n) is 5.60. The van der Waals surface area contributed by atoms with E-state index in [-0.39, 0.29) is 23.4 Å². The highest BCUT2D eigenvalue weighted by Gasteiger charge is 2.35. The zero-order valence-electron chi connectivity index (χ0n) is 13.0. The lowest BCUT2D eigenvalue weighted by molar-refractivity contribution is 0.0983. The van der Waals surface area contributed by atoms with Crippen molar-refractivity contribution in [2.24, 2.45) is 0 Å². The highest BCUT2D eigenvalue weighted by molar-refractivity contribution is 6.40. The van der Waals surface area contributed by atoms with Crippen molar-refractivity contribution in [3.05, 3.63) is 81.9 Å². The molecule has 4 nitrogen and oxygen atoms in total. The first-order valence-electron chi connectivity index (χ1n) is 7.44. The number of allylic oxidation sites excluding steroid dienone is 2. The Balaban J connectivity index is 1.99. The zero-order valence-corrected chi connectivity index (χ0v) is 13.0. The van der Waals surface area contributed by atoms with Crippen LogP contribution >= 0.6 is 0 Å². The fourth-order valence-corrected chi connectivity index (χ4v) is 2.77. The van der Waals surface area contributed by atoms with Crippen molar-refractivity contribution < 1.29 is 14.4 Å². The fraction of sp³-hybridized carbons (Fsp3) is 0.100. The molecule has 0 heterocycles. The van der Waals surface area contributed by atoms with Gasteiger partial charge in [0.1, 0.15) is 0 Å². The molecule has 0 fully saturated rings. The molecule has 0 spiro atoms. The lowest BCUT2D eigenvalue weighted by Gasteiger charge is -2.04. The summed E-state index contributed by atoms with van der Waals surface area (Å²) < 4.78 is 0. The third kappa shape index (κ3) is 2.57. The Bertz CT molecular complexity index is 907. The van der Waals surface area contributed by atoms with E-state index in [0.29, 0.717) is 16.7 Å². The molecule has 0 atom stereocenters. The number of rotatable bonds is 3. The zero-order chi connectivity index (χ0) is 17.3. The van der Waals surface area contributed by atoms with Gasteiger partial charge in [-0.3, -0.25) is 14.4 Å².